The predicted octanol–water partition coefficient (Wildman–Crippen LogP) is 6.84. The van der Waals surface area contributed by atoms with Crippen molar-refractivity contribution in [1.82, 2.24) is 25.1 Å². The number of carbonyl (C=O) groups is 2. The van der Waals surface area contributed by atoms with Crippen LogP contribution in [0.15, 0.2) is 41.3 Å². The van der Waals surface area contributed by atoms with Gasteiger partial charge in [0.05, 0.1) is 16.7 Å². The van der Waals surface area contributed by atoms with Gasteiger partial charge in [-0.3, -0.25) is 14.7 Å². The van der Waals surface area contributed by atoms with Crippen molar-refractivity contribution in [3.8, 4) is 0 Å². The van der Waals surface area contributed by atoms with Crippen LogP contribution >= 0.6 is 0 Å². The molecule has 11 heteroatoms. The molecule has 2 aromatic heterocycles. The molecular weight excluding hydrogens is 602 g/mol. The number of sulfone groups is 1. The Morgan fingerprint density at radius 2 is 1.52 bits per heavy atom. The molecule has 2 heterocycles. The highest BCUT2D eigenvalue weighted by Gasteiger charge is 2.34. The van der Waals surface area contributed by atoms with Gasteiger partial charge in [0.2, 0.25) is 5.91 Å². The molecule has 3 aromatic rings. The average molecular weight is 658 g/mol. The van der Waals surface area contributed by atoms with E-state index in [1.807, 2.05) is 24.4 Å². The largest absolute Gasteiger partial charge is 0.465 e. The number of unbranched alkanes of at least 4 members (excludes halogenated alkanes) is 9. The third-order valence-electron chi connectivity index (χ3n) is 8.39. The number of hydrogen-bond donors (Lipinski definition) is 2. The molecule has 46 heavy (non-hydrogen) atoms. The molecule has 10 nitrogen and oxygen atoms in total. The average Bonchev–Trinajstić information content (AvgIpc) is 3.61. The number of nitrogens with one attached hydrogen (secondary N) is 2. The number of amides is 1. The lowest BCUT2D eigenvalue weighted by atomic mass is 9.93. The van der Waals surface area contributed by atoms with Crippen molar-refractivity contribution in [2.45, 2.75) is 140 Å². The minimum absolute atomic E-state index is 0.0162. The molecule has 0 radical (unpaired) electrons. The Bertz CT molecular complexity index is 1490. The van der Waals surface area contributed by atoms with Gasteiger partial charge >= 0.3 is 5.97 Å². The van der Waals surface area contributed by atoms with Crippen LogP contribution in [0, 0.1) is 0 Å². The van der Waals surface area contributed by atoms with Gasteiger partial charge in [0.1, 0.15) is 11.9 Å². The number of ether oxygens (including phenoxy) is 1. The fourth-order valence-corrected chi connectivity index (χ4v) is 7.13. The molecule has 0 aliphatic rings. The van der Waals surface area contributed by atoms with Gasteiger partial charge in [-0.1, -0.05) is 110 Å². The van der Waals surface area contributed by atoms with E-state index in [2.05, 4.69) is 48.3 Å². The van der Waals surface area contributed by atoms with E-state index in [1.165, 1.54) is 50.7 Å². The van der Waals surface area contributed by atoms with Gasteiger partial charge < -0.3 is 10.1 Å². The molecule has 0 saturated heterocycles. The van der Waals surface area contributed by atoms with E-state index < -0.39 is 32.4 Å². The van der Waals surface area contributed by atoms with Gasteiger partial charge in [0.15, 0.2) is 21.3 Å². The van der Waals surface area contributed by atoms with Gasteiger partial charge in [-0.25, -0.2) is 12.9 Å². The van der Waals surface area contributed by atoms with E-state index in [9.17, 15) is 18.0 Å². The second-order valence-corrected chi connectivity index (χ2v) is 16.2. The smallest absolute Gasteiger partial charge is 0.307 e. The number of benzene rings is 1. The summed E-state index contributed by atoms with van der Waals surface area (Å²) in [6, 6.07) is 10.1. The lowest BCUT2D eigenvalue weighted by molar-refractivity contribution is -0.145. The van der Waals surface area contributed by atoms with Crippen molar-refractivity contribution >= 4 is 27.4 Å². The summed E-state index contributed by atoms with van der Waals surface area (Å²) in [5.74, 6) is -0.437. The van der Waals surface area contributed by atoms with Crippen LogP contribution in [0.1, 0.15) is 130 Å². The molecule has 2 N–H and O–H groups in total. The summed E-state index contributed by atoms with van der Waals surface area (Å²) in [6.07, 6.45) is 11.4. The fraction of sp³-hybridized carbons (Fsp3) is 0.657. The van der Waals surface area contributed by atoms with Crippen LogP contribution in [-0.2, 0) is 35.0 Å². The zero-order valence-electron chi connectivity index (χ0n) is 28.7. The molecule has 1 amide bonds. The minimum atomic E-state index is -3.89. The van der Waals surface area contributed by atoms with Crippen molar-refractivity contribution in [3.05, 3.63) is 47.9 Å². The molecular formula is C35H55N5O5S. The number of carbonyl (C=O) groups excluding carboxylic acids is 2. The Labute approximate surface area is 275 Å². The van der Waals surface area contributed by atoms with Crippen LogP contribution in [0.3, 0.4) is 0 Å². The van der Waals surface area contributed by atoms with E-state index in [-0.39, 0.29) is 36.3 Å². The molecule has 3 rings (SSSR count). The maximum absolute atomic E-state index is 13.5. The Balaban J connectivity index is 1.50. The topological polar surface area (TPSA) is 136 Å². The van der Waals surface area contributed by atoms with E-state index in [0.717, 1.165) is 25.0 Å². The highest BCUT2D eigenvalue weighted by molar-refractivity contribution is 7.92. The molecule has 0 bridgehead atoms. The first-order valence-electron chi connectivity index (χ1n) is 16.9. The monoisotopic (exact) mass is 657 g/mol. The van der Waals surface area contributed by atoms with Crippen LogP contribution in [-0.4, -0.2) is 58.5 Å². The molecule has 0 spiro atoms. The van der Waals surface area contributed by atoms with E-state index in [1.54, 1.807) is 18.2 Å². The summed E-state index contributed by atoms with van der Waals surface area (Å²) >= 11 is 0. The minimum Gasteiger partial charge on any atom is -0.465 e. The van der Waals surface area contributed by atoms with Crippen LogP contribution in [0.25, 0.3) is 5.65 Å². The summed E-state index contributed by atoms with van der Waals surface area (Å²) < 4.78 is 34.3. The first-order chi connectivity index (χ1) is 21.8. The van der Waals surface area contributed by atoms with E-state index in [4.69, 9.17) is 4.74 Å². The number of hydrogen-bond acceptors (Lipinski definition) is 7. The number of aromatic amines is 1. The summed E-state index contributed by atoms with van der Waals surface area (Å²) in [7, 11) is -3.89. The van der Waals surface area contributed by atoms with Gasteiger partial charge in [0.25, 0.3) is 0 Å². The summed E-state index contributed by atoms with van der Waals surface area (Å²) in [6.45, 7) is 12.4. The van der Waals surface area contributed by atoms with Gasteiger partial charge in [-0.2, -0.15) is 0 Å². The number of rotatable bonds is 20. The summed E-state index contributed by atoms with van der Waals surface area (Å²) in [4.78, 5) is 26.0. The lowest BCUT2D eigenvalue weighted by Crippen LogP contribution is -2.41. The molecule has 0 fully saturated rings. The maximum Gasteiger partial charge on any atom is 0.307 e. The SMILES string of the molecule is CCCCCCCCCCCCC(C(=O)NCCC(=O)OCC(C)(C)c1nnc2cc(C(C)(C)C)[nH]n12)S(=O)(=O)c1ccccc1. The van der Waals surface area contributed by atoms with Crippen molar-refractivity contribution in [2.24, 2.45) is 0 Å². The van der Waals surface area contributed by atoms with Crippen LogP contribution in [0.5, 0.6) is 0 Å². The van der Waals surface area contributed by atoms with E-state index >= 15 is 0 Å². The second kappa shape index (κ2) is 17.1. The van der Waals surface area contributed by atoms with Gasteiger partial charge in [0, 0.05) is 23.7 Å². The number of esters is 1. The molecule has 0 saturated carbocycles. The van der Waals surface area contributed by atoms with Gasteiger partial charge in [-0.05, 0) is 32.4 Å². The third kappa shape index (κ3) is 10.7. The highest BCUT2D eigenvalue weighted by Crippen LogP contribution is 2.27. The first-order valence-corrected chi connectivity index (χ1v) is 18.5. The maximum atomic E-state index is 13.5. The Morgan fingerprint density at radius 1 is 0.913 bits per heavy atom. The third-order valence-corrected chi connectivity index (χ3v) is 10.5. The molecule has 0 aliphatic carbocycles. The number of fused-ring (bicyclic) bond motifs is 1. The second-order valence-electron chi connectivity index (χ2n) is 14.0. The number of H-pyrrole nitrogens is 1. The molecule has 1 unspecified atom stereocenters. The highest BCUT2D eigenvalue weighted by atomic mass is 32.2. The lowest BCUT2D eigenvalue weighted by Gasteiger charge is -2.22. The van der Waals surface area contributed by atoms with E-state index in [0.29, 0.717) is 17.9 Å². The van der Waals surface area contributed by atoms with Crippen molar-refractivity contribution in [1.29, 1.82) is 0 Å². The zero-order chi connectivity index (χ0) is 33.8. The fourth-order valence-electron chi connectivity index (χ4n) is 5.42. The van der Waals surface area contributed by atoms with Crippen LogP contribution in [0.4, 0.5) is 0 Å². The zero-order valence-corrected chi connectivity index (χ0v) is 29.5. The normalized spacial score (nSPS) is 13.2. The van der Waals surface area contributed by atoms with Crippen molar-refractivity contribution in [2.75, 3.05) is 13.2 Å². The predicted molar refractivity (Wildman–Crippen MR) is 182 cm³/mol. The number of aromatic nitrogens is 4. The Hall–Kier alpha value is -3.21. The standard InChI is InChI=1S/C35H55N5O5S/c1-7-8-9-10-11-12-13-14-15-19-22-28(46(43,44)27-20-17-16-18-21-27)32(42)36-24-23-31(41)45-26-35(5,6)33-38-37-30-25-29(34(2,3)4)39-40(30)33/h16-18,20-21,25,28,39H,7-15,19,22-24,26H2,1-6H3,(H,36,42). The molecule has 1 atom stereocenters. The molecule has 0 aliphatic heterocycles. The molecule has 1 aromatic carbocycles. The summed E-state index contributed by atoms with van der Waals surface area (Å²) in [5, 5.41) is 13.4. The first kappa shape index (κ1) is 37.2. The summed E-state index contributed by atoms with van der Waals surface area (Å²) in [5.41, 5.74) is 0.983. The van der Waals surface area contributed by atoms with Crippen LogP contribution < -0.4 is 5.32 Å². The van der Waals surface area contributed by atoms with Crippen LogP contribution in [0.2, 0.25) is 0 Å². The number of nitrogens with zero attached hydrogens (tertiary/aromatic N) is 3. The molecule has 256 valence electrons. The Kier molecular flexibility index (Phi) is 13.8. The Morgan fingerprint density at radius 3 is 2.13 bits per heavy atom. The quantitative estimate of drug-likeness (QED) is 0.100. The van der Waals surface area contributed by atoms with Crippen molar-refractivity contribution < 1.29 is 22.7 Å². The van der Waals surface area contributed by atoms with Crippen molar-refractivity contribution in [3.63, 3.8) is 0 Å². The van der Waals surface area contributed by atoms with Gasteiger partial charge in [-0.15, -0.1) is 10.2 Å².